The fraction of sp³-hybridized carbons (Fsp3) is 0.400. The maximum atomic E-state index is 13.6. The van der Waals surface area contributed by atoms with Gasteiger partial charge in [-0.1, -0.05) is 36.8 Å². The average Bonchev–Trinajstić information content (AvgIpc) is 2.96. The van der Waals surface area contributed by atoms with Gasteiger partial charge < -0.3 is 14.4 Å². The molecular formula is C30H34N4O3. The predicted octanol–water partition coefficient (Wildman–Crippen LogP) is 3.48. The molecule has 7 nitrogen and oxygen atoms in total. The summed E-state index contributed by atoms with van der Waals surface area (Å²) in [7, 11) is 0. The van der Waals surface area contributed by atoms with Crippen LogP contribution < -0.4 is 5.56 Å². The summed E-state index contributed by atoms with van der Waals surface area (Å²) < 4.78 is 1.92. The molecule has 1 aromatic carbocycles. The third-order valence-corrected chi connectivity index (χ3v) is 7.56. The van der Waals surface area contributed by atoms with Crippen molar-refractivity contribution < 1.29 is 9.59 Å². The lowest BCUT2D eigenvalue weighted by Crippen LogP contribution is -2.43. The van der Waals surface area contributed by atoms with E-state index < -0.39 is 5.91 Å². The fourth-order valence-electron chi connectivity index (χ4n) is 5.48. The molecule has 0 bridgehead atoms. The molecule has 0 unspecified atom stereocenters. The summed E-state index contributed by atoms with van der Waals surface area (Å²) in [6.07, 6.45) is 8.39. The second-order valence-electron chi connectivity index (χ2n) is 10.0. The van der Waals surface area contributed by atoms with Gasteiger partial charge in [0.25, 0.3) is 11.5 Å². The van der Waals surface area contributed by atoms with Gasteiger partial charge in [0, 0.05) is 62.7 Å². The van der Waals surface area contributed by atoms with Crippen molar-refractivity contribution in [3.8, 4) is 11.1 Å². The van der Waals surface area contributed by atoms with Gasteiger partial charge >= 0.3 is 0 Å². The van der Waals surface area contributed by atoms with Crippen molar-refractivity contribution in [2.75, 3.05) is 26.2 Å². The first-order valence-electron chi connectivity index (χ1n) is 13.3. The number of Topliss-reactive ketones (excluding diaryl/α,β-unsaturated/α-hetero) is 1. The van der Waals surface area contributed by atoms with Gasteiger partial charge in [-0.3, -0.25) is 19.4 Å². The molecule has 0 aliphatic carbocycles. The van der Waals surface area contributed by atoms with Crippen molar-refractivity contribution in [2.24, 2.45) is 0 Å². The monoisotopic (exact) mass is 498 g/mol. The van der Waals surface area contributed by atoms with Crippen LogP contribution in [0.3, 0.4) is 0 Å². The van der Waals surface area contributed by atoms with Crippen molar-refractivity contribution in [3.05, 3.63) is 88.1 Å². The number of fused-ring (bicyclic) bond motifs is 1. The summed E-state index contributed by atoms with van der Waals surface area (Å²) in [5.74, 6) is -0.793. The van der Waals surface area contributed by atoms with E-state index >= 15 is 0 Å². The number of pyridine rings is 2. The molecule has 0 N–H and O–H groups in total. The largest absolute Gasteiger partial charge is 0.331 e. The van der Waals surface area contributed by atoms with Gasteiger partial charge in [0.1, 0.15) is 0 Å². The van der Waals surface area contributed by atoms with E-state index in [4.69, 9.17) is 0 Å². The topological polar surface area (TPSA) is 75.5 Å². The summed E-state index contributed by atoms with van der Waals surface area (Å²) in [6, 6.07) is 15.4. The van der Waals surface area contributed by atoms with E-state index in [1.165, 1.54) is 19.3 Å². The van der Waals surface area contributed by atoms with Crippen molar-refractivity contribution in [3.63, 3.8) is 0 Å². The summed E-state index contributed by atoms with van der Waals surface area (Å²) in [6.45, 7) is 4.41. The fourth-order valence-corrected chi connectivity index (χ4v) is 5.48. The van der Waals surface area contributed by atoms with Gasteiger partial charge in [-0.15, -0.1) is 0 Å². The van der Waals surface area contributed by atoms with Crippen LogP contribution in [0, 0.1) is 0 Å². The molecule has 37 heavy (non-hydrogen) atoms. The minimum Gasteiger partial charge on any atom is -0.331 e. The number of nitrogens with zero attached hydrogens (tertiary/aromatic N) is 4. The van der Waals surface area contributed by atoms with Gasteiger partial charge in [-0.2, -0.15) is 0 Å². The molecule has 2 aromatic heterocycles. The smallest absolute Gasteiger partial charge is 0.290 e. The molecule has 1 amide bonds. The number of carbonyl (C=O) groups is 2. The molecule has 2 aliphatic rings. The minimum absolute atomic E-state index is 0.000624. The van der Waals surface area contributed by atoms with E-state index in [2.05, 4.69) is 9.88 Å². The second-order valence-corrected chi connectivity index (χ2v) is 10.0. The number of amides is 1. The van der Waals surface area contributed by atoms with E-state index in [0.717, 1.165) is 42.0 Å². The third kappa shape index (κ3) is 5.88. The summed E-state index contributed by atoms with van der Waals surface area (Å²) in [5.41, 5.74) is 4.41. The average molecular weight is 499 g/mol. The Morgan fingerprint density at radius 2 is 1.65 bits per heavy atom. The Balaban J connectivity index is 1.37. The molecular weight excluding hydrogens is 464 g/mol. The van der Waals surface area contributed by atoms with Crippen LogP contribution in [-0.2, 0) is 35.5 Å². The Morgan fingerprint density at radius 3 is 2.41 bits per heavy atom. The van der Waals surface area contributed by atoms with E-state index in [1.807, 2.05) is 53.1 Å². The molecule has 5 rings (SSSR count). The molecule has 2 aliphatic heterocycles. The van der Waals surface area contributed by atoms with Gasteiger partial charge in [-0.05, 0) is 67.2 Å². The Bertz CT molecular complexity index is 1300. The zero-order chi connectivity index (χ0) is 25.6. The van der Waals surface area contributed by atoms with Crippen molar-refractivity contribution in [1.82, 2.24) is 19.4 Å². The van der Waals surface area contributed by atoms with Crippen LogP contribution in [0.15, 0.2) is 65.7 Å². The highest BCUT2D eigenvalue weighted by Gasteiger charge is 2.28. The highest BCUT2D eigenvalue weighted by molar-refractivity contribution is 6.36. The number of aromatic nitrogens is 2. The number of piperidine rings is 1. The number of hydrogen-bond acceptors (Lipinski definition) is 5. The predicted molar refractivity (Wildman–Crippen MR) is 143 cm³/mol. The van der Waals surface area contributed by atoms with Gasteiger partial charge in [0.05, 0.1) is 0 Å². The molecule has 1 fully saturated rings. The number of ketones is 1. The first-order chi connectivity index (χ1) is 18.1. The molecule has 0 radical (unpaired) electrons. The third-order valence-electron chi connectivity index (χ3n) is 7.56. The van der Waals surface area contributed by atoms with Crippen LogP contribution in [0.5, 0.6) is 0 Å². The van der Waals surface area contributed by atoms with E-state index in [-0.39, 0.29) is 17.8 Å². The van der Waals surface area contributed by atoms with E-state index in [0.29, 0.717) is 38.0 Å². The normalized spacial score (nSPS) is 15.8. The highest BCUT2D eigenvalue weighted by atomic mass is 16.2. The minimum atomic E-state index is -0.432. The van der Waals surface area contributed by atoms with E-state index in [1.54, 1.807) is 17.3 Å². The first-order valence-corrected chi connectivity index (χ1v) is 13.3. The maximum absolute atomic E-state index is 13.6. The summed E-state index contributed by atoms with van der Waals surface area (Å²) in [5, 5.41) is 0. The Morgan fingerprint density at radius 1 is 0.892 bits per heavy atom. The molecule has 192 valence electrons. The Kier molecular flexibility index (Phi) is 7.90. The lowest BCUT2D eigenvalue weighted by Gasteiger charge is -2.32. The van der Waals surface area contributed by atoms with Gasteiger partial charge in [0.2, 0.25) is 5.78 Å². The van der Waals surface area contributed by atoms with Gasteiger partial charge in [0.15, 0.2) is 0 Å². The molecule has 7 heteroatoms. The number of rotatable bonds is 8. The Labute approximate surface area is 217 Å². The zero-order valence-corrected chi connectivity index (χ0v) is 21.3. The van der Waals surface area contributed by atoms with Crippen LogP contribution in [0.4, 0.5) is 0 Å². The van der Waals surface area contributed by atoms with Crippen molar-refractivity contribution >= 4 is 11.7 Å². The summed E-state index contributed by atoms with van der Waals surface area (Å²) in [4.78, 5) is 47.6. The number of carbonyl (C=O) groups excluding carboxylic acids is 2. The number of likely N-dealkylation sites (tertiary alicyclic amines) is 1. The molecule has 0 saturated carbocycles. The molecule has 4 heterocycles. The standard InChI is InChI=1S/C30H34N4O3/c35-28(10-9-23-7-3-1-4-8-23)30(37)33-18-13-27-25(22-33)21-26(24-11-14-31-15-12-24)29(36)34(27)20-19-32-16-5-2-6-17-32/h1,3-4,7-8,11-12,14-15,21H,2,5-6,9-10,13,16-20,22H2. The number of hydrogen-bond donors (Lipinski definition) is 0. The Hall–Kier alpha value is -3.58. The van der Waals surface area contributed by atoms with Crippen LogP contribution in [0.1, 0.15) is 42.5 Å². The number of benzene rings is 1. The van der Waals surface area contributed by atoms with Crippen LogP contribution in [0.2, 0.25) is 0 Å². The molecule has 1 saturated heterocycles. The number of aryl methyl sites for hydroxylation is 1. The highest BCUT2D eigenvalue weighted by Crippen LogP contribution is 2.24. The summed E-state index contributed by atoms with van der Waals surface area (Å²) >= 11 is 0. The maximum Gasteiger partial charge on any atom is 0.290 e. The van der Waals surface area contributed by atoms with Crippen LogP contribution in [-0.4, -0.2) is 57.2 Å². The van der Waals surface area contributed by atoms with Crippen molar-refractivity contribution in [1.29, 1.82) is 0 Å². The molecule has 3 aromatic rings. The molecule has 0 atom stereocenters. The molecule has 0 spiro atoms. The van der Waals surface area contributed by atoms with Crippen molar-refractivity contribution in [2.45, 2.75) is 51.6 Å². The van der Waals surface area contributed by atoms with Crippen LogP contribution >= 0.6 is 0 Å². The SMILES string of the molecule is O=C(CCc1ccccc1)C(=O)N1CCc2c(cc(-c3ccncc3)c(=O)n2CCN2CCCCC2)C1. The van der Waals surface area contributed by atoms with E-state index in [9.17, 15) is 14.4 Å². The second kappa shape index (κ2) is 11.6. The lowest BCUT2D eigenvalue weighted by atomic mass is 9.98. The zero-order valence-electron chi connectivity index (χ0n) is 21.3. The van der Waals surface area contributed by atoms with Crippen LogP contribution in [0.25, 0.3) is 11.1 Å². The lowest BCUT2D eigenvalue weighted by molar-refractivity contribution is -0.145. The first kappa shape index (κ1) is 25.1. The van der Waals surface area contributed by atoms with Gasteiger partial charge in [-0.25, -0.2) is 0 Å². The quantitative estimate of drug-likeness (QED) is 0.445.